The molecule has 0 saturated heterocycles. The highest BCUT2D eigenvalue weighted by Gasteiger charge is 2.21. The quantitative estimate of drug-likeness (QED) is 0.334. The number of ether oxygens (including phenoxy) is 1. The maximum absolute atomic E-state index is 12.7. The number of nitrogens with one attached hydrogen (secondary N) is 1. The molecular formula is C22H19N5O2S. The number of carbonyl (C=O) groups is 1. The van der Waals surface area contributed by atoms with Crippen LogP contribution in [0.2, 0.25) is 0 Å². The number of para-hydroxylation sites is 3. The van der Waals surface area contributed by atoms with Gasteiger partial charge in [-0.1, -0.05) is 42.1 Å². The molecule has 5 rings (SSSR count). The van der Waals surface area contributed by atoms with Gasteiger partial charge in [0, 0.05) is 11.1 Å². The van der Waals surface area contributed by atoms with Crippen molar-refractivity contribution in [3.05, 3.63) is 65.4 Å². The largest absolute Gasteiger partial charge is 0.462 e. The Morgan fingerprint density at radius 1 is 1.10 bits per heavy atom. The Morgan fingerprint density at radius 3 is 2.70 bits per heavy atom. The number of aromatic amines is 1. The standard InChI is InChI=1S/C22H19N5O2S/c1-3-29-20(28)19-13(2)14-8-4-5-9-15(14)23-17(19)12-30-22-26-25-21-24-16-10-6-7-11-18(16)27(21)22/h4-11H,3,12H2,1-2H3,(H,24,25). The lowest BCUT2D eigenvalue weighted by Gasteiger charge is -2.13. The number of imidazole rings is 1. The fourth-order valence-electron chi connectivity index (χ4n) is 3.69. The van der Waals surface area contributed by atoms with Crippen LogP contribution in [0, 0.1) is 6.92 Å². The van der Waals surface area contributed by atoms with Crippen LogP contribution in [0.3, 0.4) is 0 Å². The van der Waals surface area contributed by atoms with Crippen molar-refractivity contribution in [1.29, 1.82) is 0 Å². The lowest BCUT2D eigenvalue weighted by Crippen LogP contribution is -2.12. The lowest BCUT2D eigenvalue weighted by molar-refractivity contribution is 0.0524. The molecule has 1 N–H and O–H groups in total. The second-order valence-corrected chi connectivity index (χ2v) is 7.79. The molecule has 3 aromatic heterocycles. The number of aromatic nitrogens is 5. The van der Waals surface area contributed by atoms with E-state index in [4.69, 9.17) is 9.72 Å². The number of nitrogens with zero attached hydrogens (tertiary/aromatic N) is 4. The number of hydrogen-bond donors (Lipinski definition) is 1. The number of pyridine rings is 1. The zero-order chi connectivity index (χ0) is 20.7. The van der Waals surface area contributed by atoms with Crippen molar-refractivity contribution in [3.8, 4) is 0 Å². The summed E-state index contributed by atoms with van der Waals surface area (Å²) in [5.41, 5.74) is 4.85. The third-order valence-corrected chi connectivity index (χ3v) is 6.00. The Labute approximate surface area is 176 Å². The van der Waals surface area contributed by atoms with E-state index in [1.807, 2.05) is 59.9 Å². The van der Waals surface area contributed by atoms with E-state index < -0.39 is 0 Å². The zero-order valence-electron chi connectivity index (χ0n) is 16.5. The molecule has 0 radical (unpaired) electrons. The van der Waals surface area contributed by atoms with Gasteiger partial charge in [0.1, 0.15) is 0 Å². The molecule has 30 heavy (non-hydrogen) atoms. The highest BCUT2D eigenvalue weighted by molar-refractivity contribution is 7.98. The summed E-state index contributed by atoms with van der Waals surface area (Å²) in [5.74, 6) is 0.822. The van der Waals surface area contributed by atoms with E-state index in [0.717, 1.165) is 32.7 Å². The van der Waals surface area contributed by atoms with Gasteiger partial charge in [0.25, 0.3) is 0 Å². The number of benzene rings is 2. The first kappa shape index (κ1) is 18.6. The van der Waals surface area contributed by atoms with Crippen LogP contribution in [0.1, 0.15) is 28.5 Å². The van der Waals surface area contributed by atoms with E-state index in [1.54, 1.807) is 6.92 Å². The molecule has 0 aliphatic rings. The first-order chi connectivity index (χ1) is 14.7. The number of thioether (sulfide) groups is 1. The van der Waals surface area contributed by atoms with Crippen LogP contribution < -0.4 is 0 Å². The summed E-state index contributed by atoms with van der Waals surface area (Å²) in [4.78, 5) is 22.1. The number of rotatable bonds is 5. The van der Waals surface area contributed by atoms with Crippen molar-refractivity contribution in [1.82, 2.24) is 24.6 Å². The number of H-pyrrole nitrogens is 1. The van der Waals surface area contributed by atoms with Crippen molar-refractivity contribution >= 4 is 45.4 Å². The van der Waals surface area contributed by atoms with E-state index in [9.17, 15) is 4.79 Å². The van der Waals surface area contributed by atoms with E-state index in [0.29, 0.717) is 29.4 Å². The van der Waals surface area contributed by atoms with Crippen LogP contribution in [0.15, 0.2) is 53.7 Å². The van der Waals surface area contributed by atoms with Gasteiger partial charge in [-0.05, 0) is 37.6 Å². The SMILES string of the molecule is CCOC(=O)c1c(CSc2n[nH]c3nc4ccccc4n23)nc2ccccc2c1C. The fraction of sp³-hybridized carbons (Fsp3) is 0.182. The minimum Gasteiger partial charge on any atom is -0.462 e. The fourth-order valence-corrected chi connectivity index (χ4v) is 4.59. The zero-order valence-corrected chi connectivity index (χ0v) is 17.4. The second kappa shape index (κ2) is 7.46. The van der Waals surface area contributed by atoms with Gasteiger partial charge in [0.05, 0.1) is 34.4 Å². The second-order valence-electron chi connectivity index (χ2n) is 6.85. The molecule has 0 aliphatic carbocycles. The summed E-state index contributed by atoms with van der Waals surface area (Å²) >= 11 is 1.51. The third kappa shape index (κ3) is 3.00. The van der Waals surface area contributed by atoms with Crippen LogP contribution in [0.5, 0.6) is 0 Å². The maximum atomic E-state index is 12.7. The average Bonchev–Trinajstić information content (AvgIpc) is 3.32. The highest BCUT2D eigenvalue weighted by atomic mass is 32.2. The van der Waals surface area contributed by atoms with Crippen LogP contribution in [0.4, 0.5) is 0 Å². The van der Waals surface area contributed by atoms with Crippen LogP contribution >= 0.6 is 11.8 Å². The number of carbonyl (C=O) groups excluding carboxylic acids is 1. The first-order valence-electron chi connectivity index (χ1n) is 9.67. The van der Waals surface area contributed by atoms with Gasteiger partial charge < -0.3 is 4.74 Å². The van der Waals surface area contributed by atoms with Gasteiger partial charge in [-0.2, -0.15) is 0 Å². The summed E-state index contributed by atoms with van der Waals surface area (Å²) in [6.07, 6.45) is 0. The van der Waals surface area contributed by atoms with Crippen LogP contribution in [-0.4, -0.2) is 37.1 Å². The van der Waals surface area contributed by atoms with Crippen molar-refractivity contribution < 1.29 is 9.53 Å². The summed E-state index contributed by atoms with van der Waals surface area (Å²) in [7, 11) is 0. The maximum Gasteiger partial charge on any atom is 0.340 e. The Kier molecular flexibility index (Phi) is 4.63. The van der Waals surface area contributed by atoms with Crippen LogP contribution in [-0.2, 0) is 10.5 Å². The average molecular weight is 417 g/mol. The number of aryl methyl sites for hydroxylation is 1. The number of hydrogen-bond acceptors (Lipinski definition) is 6. The minimum atomic E-state index is -0.343. The lowest BCUT2D eigenvalue weighted by atomic mass is 10.0. The van der Waals surface area contributed by atoms with E-state index in [2.05, 4.69) is 15.2 Å². The predicted molar refractivity (Wildman–Crippen MR) is 117 cm³/mol. The summed E-state index contributed by atoms with van der Waals surface area (Å²) in [6, 6.07) is 15.8. The molecule has 7 nitrogen and oxygen atoms in total. The molecular weight excluding hydrogens is 398 g/mol. The molecule has 2 aromatic carbocycles. The van der Waals surface area contributed by atoms with Gasteiger partial charge in [-0.15, -0.1) is 5.10 Å². The molecule has 150 valence electrons. The van der Waals surface area contributed by atoms with Crippen molar-refractivity contribution in [2.24, 2.45) is 0 Å². The van der Waals surface area contributed by atoms with Crippen LogP contribution in [0.25, 0.3) is 27.7 Å². The number of fused-ring (bicyclic) bond motifs is 4. The Hall–Kier alpha value is -3.39. The van der Waals surface area contributed by atoms with E-state index in [-0.39, 0.29) is 5.97 Å². The number of esters is 1. The Balaban J connectivity index is 1.57. The molecule has 8 heteroatoms. The van der Waals surface area contributed by atoms with Gasteiger partial charge in [0.2, 0.25) is 5.78 Å². The molecule has 5 aromatic rings. The minimum absolute atomic E-state index is 0.318. The summed E-state index contributed by atoms with van der Waals surface area (Å²) < 4.78 is 7.31. The van der Waals surface area contributed by atoms with Gasteiger partial charge in [0.15, 0.2) is 5.16 Å². The predicted octanol–water partition coefficient (Wildman–Crippen LogP) is 4.54. The van der Waals surface area contributed by atoms with Crippen molar-refractivity contribution in [2.45, 2.75) is 24.8 Å². The summed E-state index contributed by atoms with van der Waals surface area (Å²) in [5, 5.41) is 9.11. The van der Waals surface area contributed by atoms with Gasteiger partial charge in [-0.3, -0.25) is 9.38 Å². The molecule has 0 unspecified atom stereocenters. The molecule has 0 amide bonds. The van der Waals surface area contributed by atoms with E-state index in [1.165, 1.54) is 11.8 Å². The van der Waals surface area contributed by atoms with Gasteiger partial charge >= 0.3 is 5.97 Å². The molecule has 0 bridgehead atoms. The summed E-state index contributed by atoms with van der Waals surface area (Å²) in [6.45, 7) is 4.07. The highest BCUT2D eigenvalue weighted by Crippen LogP contribution is 2.30. The Morgan fingerprint density at radius 2 is 1.87 bits per heavy atom. The third-order valence-electron chi connectivity index (χ3n) is 5.05. The molecule has 0 atom stereocenters. The molecule has 0 spiro atoms. The molecule has 0 fully saturated rings. The topological polar surface area (TPSA) is 85.2 Å². The smallest absolute Gasteiger partial charge is 0.340 e. The first-order valence-corrected chi connectivity index (χ1v) is 10.7. The Bertz CT molecular complexity index is 1410. The monoisotopic (exact) mass is 417 g/mol. The molecule has 0 aliphatic heterocycles. The normalized spacial score (nSPS) is 11.5. The molecule has 3 heterocycles. The van der Waals surface area contributed by atoms with E-state index >= 15 is 0 Å². The van der Waals surface area contributed by atoms with Crippen molar-refractivity contribution in [3.63, 3.8) is 0 Å². The van der Waals surface area contributed by atoms with Gasteiger partial charge in [-0.25, -0.2) is 14.9 Å². The molecule has 0 saturated carbocycles. The van der Waals surface area contributed by atoms with Crippen molar-refractivity contribution in [2.75, 3.05) is 6.61 Å².